The molecule has 0 saturated heterocycles. The molecule has 0 N–H and O–H groups in total. The summed E-state index contributed by atoms with van der Waals surface area (Å²) in [6.45, 7) is 14.1. The monoisotopic (exact) mass is 166 g/mol. The van der Waals surface area contributed by atoms with Gasteiger partial charge < -0.3 is 0 Å². The maximum absolute atomic E-state index is 3.73. The van der Waals surface area contributed by atoms with E-state index in [0.29, 0.717) is 5.92 Å². The predicted molar refractivity (Wildman–Crippen MR) is 59.3 cm³/mol. The summed E-state index contributed by atoms with van der Waals surface area (Å²) in [5.41, 5.74) is 1.29. The smallest absolute Gasteiger partial charge is 0.0219 e. The molecule has 0 fully saturated rings. The fourth-order valence-corrected chi connectivity index (χ4v) is 0.704. The summed E-state index contributed by atoms with van der Waals surface area (Å²) in [5.74, 6) is 0.577. The van der Waals surface area contributed by atoms with Gasteiger partial charge in [0.05, 0.1) is 0 Å². The van der Waals surface area contributed by atoms with Gasteiger partial charge in [-0.3, -0.25) is 0 Å². The Labute approximate surface area is 77.7 Å². The fraction of sp³-hybridized carbons (Fsp3) is 0.500. The van der Waals surface area contributed by atoms with Crippen LogP contribution < -0.4 is 0 Å². The molecule has 0 aromatic rings. The number of rotatable bonds is 3. The highest BCUT2D eigenvalue weighted by molar-refractivity contribution is 5.23. The molecule has 0 aliphatic heterocycles. The van der Waals surface area contributed by atoms with Crippen molar-refractivity contribution in [3.63, 3.8) is 0 Å². The van der Waals surface area contributed by atoms with E-state index < -0.39 is 0 Å². The Morgan fingerprint density at radius 1 is 1.25 bits per heavy atom. The minimum atomic E-state index is 0.577. The molecule has 0 aromatic heterocycles. The summed E-state index contributed by atoms with van der Waals surface area (Å²) in [6.07, 6.45) is 8.06. The quantitative estimate of drug-likeness (QED) is 0.546. The van der Waals surface area contributed by atoms with Crippen molar-refractivity contribution in [1.82, 2.24) is 0 Å². The van der Waals surface area contributed by atoms with Crippen LogP contribution in [0.15, 0.2) is 36.5 Å². The Kier molecular flexibility index (Phi) is 11.7. The van der Waals surface area contributed by atoms with Gasteiger partial charge in [0.25, 0.3) is 0 Å². The standard InChI is InChI=1S/C10H16.C2H6/c1-5-7-8-10(6-2)9(3)4;1-2/h5-9H,2H2,1,3-4H3;1-2H3/b7-5-,10-8+;. The highest BCUT2D eigenvalue weighted by Gasteiger charge is 1.94. The van der Waals surface area contributed by atoms with E-state index in [1.54, 1.807) is 0 Å². The van der Waals surface area contributed by atoms with Crippen molar-refractivity contribution in [2.45, 2.75) is 34.6 Å². The summed E-state index contributed by atoms with van der Waals surface area (Å²) in [5, 5.41) is 0. The van der Waals surface area contributed by atoms with Crippen molar-refractivity contribution in [2.75, 3.05) is 0 Å². The molecule has 0 aromatic carbocycles. The molecule has 0 amide bonds. The Bertz CT molecular complexity index is 147. The van der Waals surface area contributed by atoms with Crippen LogP contribution in [0.3, 0.4) is 0 Å². The highest BCUT2D eigenvalue weighted by Crippen LogP contribution is 2.09. The summed E-state index contributed by atoms with van der Waals surface area (Å²) in [4.78, 5) is 0. The largest absolute Gasteiger partial charge is 0.0988 e. The van der Waals surface area contributed by atoms with Gasteiger partial charge in [0.2, 0.25) is 0 Å². The van der Waals surface area contributed by atoms with Crippen LogP contribution >= 0.6 is 0 Å². The van der Waals surface area contributed by atoms with Crippen LogP contribution in [0.25, 0.3) is 0 Å². The molecule has 0 atom stereocenters. The average molecular weight is 166 g/mol. The molecular formula is C12H22. The third kappa shape index (κ3) is 7.33. The first kappa shape index (κ1) is 13.8. The topological polar surface area (TPSA) is 0 Å². The Balaban J connectivity index is 0. The minimum absolute atomic E-state index is 0.577. The zero-order valence-corrected chi connectivity index (χ0v) is 9.09. The zero-order chi connectivity index (χ0) is 9.98. The highest BCUT2D eigenvalue weighted by atomic mass is 14.0. The number of allylic oxidation sites excluding steroid dienone is 5. The minimum Gasteiger partial charge on any atom is -0.0988 e. The van der Waals surface area contributed by atoms with Gasteiger partial charge in [-0.25, -0.2) is 0 Å². The molecule has 70 valence electrons. The molecule has 0 nitrogen and oxygen atoms in total. The second kappa shape index (κ2) is 10.2. The second-order valence-electron chi connectivity index (χ2n) is 2.55. The van der Waals surface area contributed by atoms with Gasteiger partial charge >= 0.3 is 0 Å². The third-order valence-corrected chi connectivity index (χ3v) is 1.38. The van der Waals surface area contributed by atoms with Crippen LogP contribution in [0.5, 0.6) is 0 Å². The van der Waals surface area contributed by atoms with Crippen LogP contribution in [-0.2, 0) is 0 Å². The second-order valence-corrected chi connectivity index (χ2v) is 2.55. The van der Waals surface area contributed by atoms with Crippen LogP contribution in [0, 0.1) is 5.92 Å². The molecule has 0 spiro atoms. The summed E-state index contributed by atoms with van der Waals surface area (Å²) in [6, 6.07) is 0. The van der Waals surface area contributed by atoms with Gasteiger partial charge in [0, 0.05) is 0 Å². The van der Waals surface area contributed by atoms with Crippen molar-refractivity contribution in [2.24, 2.45) is 5.92 Å². The van der Waals surface area contributed by atoms with Gasteiger partial charge in [0.15, 0.2) is 0 Å². The normalized spacial score (nSPS) is 11.3. The van der Waals surface area contributed by atoms with Crippen molar-refractivity contribution in [3.8, 4) is 0 Å². The van der Waals surface area contributed by atoms with Crippen LogP contribution in [-0.4, -0.2) is 0 Å². The first-order valence-electron chi connectivity index (χ1n) is 4.67. The summed E-state index contributed by atoms with van der Waals surface area (Å²) < 4.78 is 0. The van der Waals surface area contributed by atoms with E-state index in [4.69, 9.17) is 0 Å². The van der Waals surface area contributed by atoms with Crippen molar-refractivity contribution >= 4 is 0 Å². The lowest BCUT2D eigenvalue weighted by Crippen LogP contribution is -1.88. The van der Waals surface area contributed by atoms with E-state index >= 15 is 0 Å². The van der Waals surface area contributed by atoms with Crippen molar-refractivity contribution < 1.29 is 0 Å². The Morgan fingerprint density at radius 2 is 1.75 bits per heavy atom. The van der Waals surface area contributed by atoms with Crippen molar-refractivity contribution in [1.29, 1.82) is 0 Å². The predicted octanol–water partition coefficient (Wildman–Crippen LogP) is 4.36. The molecule has 0 saturated carbocycles. The summed E-state index contributed by atoms with van der Waals surface area (Å²) in [7, 11) is 0. The van der Waals surface area contributed by atoms with Gasteiger partial charge in [-0.15, -0.1) is 0 Å². The maximum Gasteiger partial charge on any atom is -0.0219 e. The lowest BCUT2D eigenvalue weighted by molar-refractivity contribution is 0.792. The van der Waals surface area contributed by atoms with Crippen LogP contribution in [0.4, 0.5) is 0 Å². The van der Waals surface area contributed by atoms with Crippen LogP contribution in [0.1, 0.15) is 34.6 Å². The Morgan fingerprint density at radius 3 is 2.00 bits per heavy atom. The molecule has 0 radical (unpaired) electrons. The fourth-order valence-electron chi connectivity index (χ4n) is 0.704. The molecule has 0 unspecified atom stereocenters. The van der Waals surface area contributed by atoms with E-state index in [-0.39, 0.29) is 0 Å². The van der Waals surface area contributed by atoms with E-state index in [1.807, 2.05) is 39.0 Å². The molecule has 0 aliphatic rings. The molecule has 0 heteroatoms. The lowest BCUT2D eigenvalue weighted by atomic mass is 10.0. The van der Waals surface area contributed by atoms with E-state index in [1.165, 1.54) is 5.57 Å². The maximum atomic E-state index is 3.73. The first-order chi connectivity index (χ1) is 5.72. The molecule has 0 rings (SSSR count). The first-order valence-corrected chi connectivity index (χ1v) is 4.67. The van der Waals surface area contributed by atoms with Gasteiger partial charge in [-0.2, -0.15) is 0 Å². The van der Waals surface area contributed by atoms with Crippen LogP contribution in [0.2, 0.25) is 0 Å². The molecule has 0 bridgehead atoms. The third-order valence-electron chi connectivity index (χ3n) is 1.38. The van der Waals surface area contributed by atoms with E-state index in [9.17, 15) is 0 Å². The van der Waals surface area contributed by atoms with E-state index in [2.05, 4.69) is 26.5 Å². The molecule has 0 aliphatic carbocycles. The average Bonchev–Trinajstić information content (AvgIpc) is 2.09. The van der Waals surface area contributed by atoms with Gasteiger partial charge in [-0.1, -0.05) is 58.6 Å². The SMILES string of the molecule is C=C/C(=C\C=C/C)C(C)C.CC. The van der Waals surface area contributed by atoms with E-state index in [0.717, 1.165) is 0 Å². The molecule has 0 heterocycles. The molecular weight excluding hydrogens is 144 g/mol. The van der Waals surface area contributed by atoms with Gasteiger partial charge in [-0.05, 0) is 18.4 Å². The van der Waals surface area contributed by atoms with Crippen molar-refractivity contribution in [3.05, 3.63) is 36.5 Å². The number of hydrogen-bond donors (Lipinski definition) is 0. The van der Waals surface area contributed by atoms with Gasteiger partial charge in [0.1, 0.15) is 0 Å². The zero-order valence-electron chi connectivity index (χ0n) is 9.09. The lowest BCUT2D eigenvalue weighted by Gasteiger charge is -2.02. The molecule has 12 heavy (non-hydrogen) atoms. The Hall–Kier alpha value is -0.780. The number of hydrogen-bond acceptors (Lipinski definition) is 0. The summed E-state index contributed by atoms with van der Waals surface area (Å²) >= 11 is 0.